The standard InChI is InChI=1S/C11H22N2O2/c1-2-10(14)5-7-12-9-4-3-6-13-11(15)8-9/h9-10,12,14H,2-8H2,1H3,(H,13,15). The van der Waals surface area contributed by atoms with Crippen LogP contribution in [0.15, 0.2) is 0 Å². The van der Waals surface area contributed by atoms with Gasteiger partial charge in [0.15, 0.2) is 0 Å². The highest BCUT2D eigenvalue weighted by Gasteiger charge is 2.16. The van der Waals surface area contributed by atoms with Gasteiger partial charge in [-0.2, -0.15) is 0 Å². The summed E-state index contributed by atoms with van der Waals surface area (Å²) in [6.07, 6.45) is 4.02. The molecular formula is C11H22N2O2. The van der Waals surface area contributed by atoms with Crippen molar-refractivity contribution in [1.82, 2.24) is 10.6 Å². The smallest absolute Gasteiger partial charge is 0.221 e. The highest BCUT2D eigenvalue weighted by molar-refractivity contribution is 5.76. The number of aliphatic hydroxyl groups excluding tert-OH is 1. The highest BCUT2D eigenvalue weighted by Crippen LogP contribution is 2.06. The summed E-state index contributed by atoms with van der Waals surface area (Å²) in [5.74, 6) is 0.140. The molecule has 1 saturated heterocycles. The maximum Gasteiger partial charge on any atom is 0.221 e. The number of amides is 1. The van der Waals surface area contributed by atoms with Crippen LogP contribution in [0.5, 0.6) is 0 Å². The van der Waals surface area contributed by atoms with Gasteiger partial charge in [-0.1, -0.05) is 6.92 Å². The molecule has 0 aromatic heterocycles. The number of aliphatic hydroxyl groups is 1. The van der Waals surface area contributed by atoms with Gasteiger partial charge in [0, 0.05) is 19.0 Å². The van der Waals surface area contributed by atoms with Crippen LogP contribution in [0.2, 0.25) is 0 Å². The number of carbonyl (C=O) groups is 1. The average molecular weight is 214 g/mol. The van der Waals surface area contributed by atoms with E-state index in [4.69, 9.17) is 0 Å². The third-order valence-electron chi connectivity index (χ3n) is 2.87. The monoisotopic (exact) mass is 214 g/mol. The second-order valence-corrected chi connectivity index (χ2v) is 4.20. The molecule has 1 aliphatic heterocycles. The Kier molecular flexibility index (Phi) is 5.65. The van der Waals surface area contributed by atoms with Gasteiger partial charge in [-0.3, -0.25) is 4.79 Å². The van der Waals surface area contributed by atoms with E-state index < -0.39 is 0 Å². The first-order valence-corrected chi connectivity index (χ1v) is 5.90. The predicted molar refractivity (Wildman–Crippen MR) is 59.6 cm³/mol. The lowest BCUT2D eigenvalue weighted by atomic mass is 10.1. The lowest BCUT2D eigenvalue weighted by Gasteiger charge is -2.16. The molecule has 0 aromatic rings. The normalized spacial score (nSPS) is 24.4. The largest absolute Gasteiger partial charge is 0.393 e. The lowest BCUT2D eigenvalue weighted by Crippen LogP contribution is -2.34. The maximum absolute atomic E-state index is 11.2. The summed E-state index contributed by atoms with van der Waals surface area (Å²) in [6, 6.07) is 0.288. The van der Waals surface area contributed by atoms with Crippen LogP contribution in [0.3, 0.4) is 0 Å². The van der Waals surface area contributed by atoms with Gasteiger partial charge < -0.3 is 15.7 Å². The molecule has 0 spiro atoms. The molecule has 0 saturated carbocycles. The minimum Gasteiger partial charge on any atom is -0.393 e. The van der Waals surface area contributed by atoms with Crippen molar-refractivity contribution in [2.45, 2.75) is 51.2 Å². The number of hydrogen-bond donors (Lipinski definition) is 3. The van der Waals surface area contributed by atoms with Crippen molar-refractivity contribution in [1.29, 1.82) is 0 Å². The molecule has 0 bridgehead atoms. The van der Waals surface area contributed by atoms with Crippen LogP contribution in [-0.2, 0) is 4.79 Å². The van der Waals surface area contributed by atoms with Crippen LogP contribution in [-0.4, -0.2) is 36.2 Å². The van der Waals surface area contributed by atoms with Gasteiger partial charge in [0.2, 0.25) is 5.91 Å². The van der Waals surface area contributed by atoms with E-state index in [9.17, 15) is 9.90 Å². The van der Waals surface area contributed by atoms with Crippen LogP contribution in [0, 0.1) is 0 Å². The van der Waals surface area contributed by atoms with Crippen molar-refractivity contribution in [3.8, 4) is 0 Å². The summed E-state index contributed by atoms with van der Waals surface area (Å²) >= 11 is 0. The minimum atomic E-state index is -0.211. The Labute approximate surface area is 91.4 Å². The fourth-order valence-electron chi connectivity index (χ4n) is 1.81. The van der Waals surface area contributed by atoms with Crippen molar-refractivity contribution in [2.24, 2.45) is 0 Å². The second kappa shape index (κ2) is 6.80. The summed E-state index contributed by atoms with van der Waals surface area (Å²) in [5.41, 5.74) is 0. The van der Waals surface area contributed by atoms with Crippen LogP contribution in [0.4, 0.5) is 0 Å². The molecule has 2 unspecified atom stereocenters. The van der Waals surface area contributed by atoms with E-state index >= 15 is 0 Å². The molecule has 15 heavy (non-hydrogen) atoms. The molecule has 1 aliphatic rings. The van der Waals surface area contributed by atoms with Crippen LogP contribution >= 0.6 is 0 Å². The zero-order chi connectivity index (χ0) is 11.1. The topological polar surface area (TPSA) is 61.4 Å². The maximum atomic E-state index is 11.2. The van der Waals surface area contributed by atoms with Crippen LogP contribution in [0.25, 0.3) is 0 Å². The summed E-state index contributed by atoms with van der Waals surface area (Å²) in [5, 5.41) is 15.6. The van der Waals surface area contributed by atoms with Gasteiger partial charge in [0.25, 0.3) is 0 Å². The van der Waals surface area contributed by atoms with Crippen molar-refractivity contribution >= 4 is 5.91 Å². The zero-order valence-corrected chi connectivity index (χ0v) is 9.46. The Morgan fingerprint density at radius 3 is 3.20 bits per heavy atom. The van der Waals surface area contributed by atoms with E-state index in [1.807, 2.05) is 6.92 Å². The number of rotatable bonds is 5. The SMILES string of the molecule is CCC(O)CCNC1CCCNC(=O)C1. The third kappa shape index (κ3) is 5.14. The quantitative estimate of drug-likeness (QED) is 0.621. The van der Waals surface area contributed by atoms with E-state index in [1.165, 1.54) is 0 Å². The summed E-state index contributed by atoms with van der Waals surface area (Å²) in [6.45, 7) is 3.57. The van der Waals surface area contributed by atoms with E-state index in [1.54, 1.807) is 0 Å². The van der Waals surface area contributed by atoms with E-state index in [0.717, 1.165) is 38.8 Å². The van der Waals surface area contributed by atoms with Crippen LogP contribution < -0.4 is 10.6 Å². The van der Waals surface area contributed by atoms with Crippen molar-refractivity contribution in [3.05, 3.63) is 0 Å². The first kappa shape index (κ1) is 12.5. The van der Waals surface area contributed by atoms with Crippen molar-refractivity contribution < 1.29 is 9.90 Å². The minimum absolute atomic E-state index is 0.140. The number of hydrogen-bond acceptors (Lipinski definition) is 3. The molecule has 4 nitrogen and oxygen atoms in total. The fourth-order valence-corrected chi connectivity index (χ4v) is 1.81. The Morgan fingerprint density at radius 1 is 1.67 bits per heavy atom. The first-order valence-electron chi connectivity index (χ1n) is 5.90. The molecule has 0 aromatic carbocycles. The molecule has 0 radical (unpaired) electrons. The summed E-state index contributed by atoms with van der Waals surface area (Å²) in [4.78, 5) is 11.2. The number of nitrogens with one attached hydrogen (secondary N) is 2. The molecule has 1 fully saturated rings. The number of carbonyl (C=O) groups excluding carboxylic acids is 1. The average Bonchev–Trinajstić information content (AvgIpc) is 2.42. The Morgan fingerprint density at radius 2 is 2.47 bits per heavy atom. The van der Waals surface area contributed by atoms with Crippen LogP contribution in [0.1, 0.15) is 39.0 Å². The highest BCUT2D eigenvalue weighted by atomic mass is 16.3. The van der Waals surface area contributed by atoms with Crippen molar-refractivity contribution in [2.75, 3.05) is 13.1 Å². The van der Waals surface area contributed by atoms with Gasteiger partial charge in [-0.25, -0.2) is 0 Å². The van der Waals surface area contributed by atoms with Crippen molar-refractivity contribution in [3.63, 3.8) is 0 Å². The van der Waals surface area contributed by atoms with Gasteiger partial charge in [-0.05, 0) is 32.2 Å². The van der Waals surface area contributed by atoms with E-state index in [0.29, 0.717) is 6.42 Å². The Bertz CT molecular complexity index is 197. The van der Waals surface area contributed by atoms with Gasteiger partial charge >= 0.3 is 0 Å². The molecule has 1 amide bonds. The Balaban J connectivity index is 2.16. The van der Waals surface area contributed by atoms with Gasteiger partial charge in [0.1, 0.15) is 0 Å². The first-order chi connectivity index (χ1) is 7.22. The third-order valence-corrected chi connectivity index (χ3v) is 2.87. The molecule has 2 atom stereocenters. The van der Waals surface area contributed by atoms with E-state index in [-0.39, 0.29) is 18.1 Å². The summed E-state index contributed by atoms with van der Waals surface area (Å²) < 4.78 is 0. The molecule has 0 aliphatic carbocycles. The van der Waals surface area contributed by atoms with Gasteiger partial charge in [-0.15, -0.1) is 0 Å². The molecule has 3 N–H and O–H groups in total. The van der Waals surface area contributed by atoms with Gasteiger partial charge in [0.05, 0.1) is 6.10 Å². The Hall–Kier alpha value is -0.610. The van der Waals surface area contributed by atoms with E-state index in [2.05, 4.69) is 10.6 Å². The fraction of sp³-hybridized carbons (Fsp3) is 0.909. The molecule has 1 rings (SSSR count). The summed E-state index contributed by atoms with van der Waals surface area (Å²) in [7, 11) is 0. The molecule has 88 valence electrons. The predicted octanol–water partition coefficient (Wildman–Crippen LogP) is 0.406. The molecular weight excluding hydrogens is 192 g/mol. The zero-order valence-electron chi connectivity index (χ0n) is 9.46. The molecule has 4 heteroatoms. The molecule has 1 heterocycles. The second-order valence-electron chi connectivity index (χ2n) is 4.20. The lowest BCUT2D eigenvalue weighted by molar-refractivity contribution is -0.121.